The molecule has 59 heavy (non-hydrogen) atoms. The van der Waals surface area contributed by atoms with E-state index in [1.807, 2.05) is 55.3 Å². The van der Waals surface area contributed by atoms with Crippen molar-refractivity contribution in [1.29, 1.82) is 0 Å². The number of pyridine rings is 1. The van der Waals surface area contributed by atoms with E-state index < -0.39 is 5.97 Å². The normalized spacial score (nSPS) is 25.8. The first kappa shape index (κ1) is 39.7. The van der Waals surface area contributed by atoms with E-state index in [-0.39, 0.29) is 34.1 Å². The zero-order valence-corrected chi connectivity index (χ0v) is 35.5. The average Bonchev–Trinajstić information content (AvgIpc) is 3.76. The smallest absolute Gasteiger partial charge is 0.355 e. The number of hydrogen-bond donors (Lipinski definition) is 4. The van der Waals surface area contributed by atoms with Gasteiger partial charge in [-0.2, -0.15) is 5.10 Å². The first-order valence-electron chi connectivity index (χ1n) is 20.9. The number of hydrogen-bond acceptors (Lipinski definition) is 13. The van der Waals surface area contributed by atoms with Crippen LogP contribution in [0.3, 0.4) is 0 Å². The summed E-state index contributed by atoms with van der Waals surface area (Å²) < 4.78 is 15.4. The van der Waals surface area contributed by atoms with Gasteiger partial charge in [-0.25, -0.2) is 14.8 Å². The number of ether oxygens (including phenoxy) is 2. The number of methoxy groups -OCH3 is 1. The molecule has 14 nitrogen and oxygen atoms in total. The van der Waals surface area contributed by atoms with Gasteiger partial charge in [-0.3, -0.25) is 4.68 Å². The fourth-order valence-electron chi connectivity index (χ4n) is 12.1. The van der Waals surface area contributed by atoms with Crippen molar-refractivity contribution in [2.24, 2.45) is 16.2 Å². The van der Waals surface area contributed by atoms with Crippen molar-refractivity contribution in [2.45, 2.75) is 97.6 Å². The van der Waals surface area contributed by atoms with Gasteiger partial charge in [-0.05, 0) is 119 Å². The molecule has 1 aromatic carbocycles. The van der Waals surface area contributed by atoms with Crippen LogP contribution in [-0.2, 0) is 17.7 Å². The number of benzene rings is 1. The Morgan fingerprint density at radius 2 is 1.80 bits per heavy atom. The third kappa shape index (κ3) is 7.44. The number of rotatable bonds is 15. The lowest BCUT2D eigenvalue weighted by Gasteiger charge is -2.69. The summed E-state index contributed by atoms with van der Waals surface area (Å²) >= 11 is 1.54. The number of anilines is 4. The van der Waals surface area contributed by atoms with Crippen LogP contribution in [0.25, 0.3) is 21.3 Å². The number of aromatic nitrogens is 6. The van der Waals surface area contributed by atoms with Crippen molar-refractivity contribution >= 4 is 50.1 Å². The van der Waals surface area contributed by atoms with Gasteiger partial charge in [-0.15, -0.1) is 10.2 Å². The molecule has 2 atom stereocenters. The molecule has 312 valence electrons. The van der Waals surface area contributed by atoms with E-state index in [1.54, 1.807) is 7.11 Å². The molecule has 4 N–H and O–H groups in total. The van der Waals surface area contributed by atoms with Crippen molar-refractivity contribution in [3.8, 4) is 16.9 Å². The van der Waals surface area contributed by atoms with Crippen molar-refractivity contribution in [3.63, 3.8) is 0 Å². The summed E-state index contributed by atoms with van der Waals surface area (Å²) in [4.78, 5) is 24.5. The number of nitrogens with one attached hydrogen (secondary N) is 2. The van der Waals surface area contributed by atoms with Gasteiger partial charge in [0.05, 0.1) is 35.7 Å². The zero-order valence-electron chi connectivity index (χ0n) is 34.7. The molecule has 4 aliphatic carbocycles. The number of nitrogens with zero attached hydrogens (tertiary/aromatic N) is 7. The lowest BCUT2D eigenvalue weighted by Crippen LogP contribution is -2.64. The fraction of sp³-hybridized carbons (Fsp3) is 0.545. The minimum absolute atomic E-state index is 0.0116. The van der Waals surface area contributed by atoms with E-state index in [2.05, 4.69) is 39.4 Å². The Bertz CT molecular complexity index is 2390. The zero-order chi connectivity index (χ0) is 41.2. The van der Waals surface area contributed by atoms with Crippen molar-refractivity contribution < 1.29 is 24.5 Å². The molecule has 4 aromatic heterocycles. The molecule has 10 rings (SSSR count). The van der Waals surface area contributed by atoms with E-state index in [0.717, 1.165) is 114 Å². The number of aliphatic hydroxyl groups is 1. The predicted octanol–water partition coefficient (Wildman–Crippen LogP) is 7.60. The highest BCUT2D eigenvalue weighted by atomic mass is 32.1. The summed E-state index contributed by atoms with van der Waals surface area (Å²) in [7, 11) is 1.64. The highest BCUT2D eigenvalue weighted by Gasteiger charge is 2.66. The Labute approximate surface area is 348 Å². The van der Waals surface area contributed by atoms with Crippen LogP contribution in [0.4, 0.5) is 22.6 Å². The lowest BCUT2D eigenvalue weighted by molar-refractivity contribution is -0.247. The van der Waals surface area contributed by atoms with Gasteiger partial charge < -0.3 is 35.2 Å². The molecule has 0 amide bonds. The Kier molecular flexibility index (Phi) is 10.2. The topological polar surface area (TPSA) is 173 Å². The number of carboxylic acid groups (broad SMARTS) is 1. The van der Waals surface area contributed by atoms with Gasteiger partial charge >= 0.3 is 5.97 Å². The van der Waals surface area contributed by atoms with Crippen LogP contribution >= 0.6 is 11.3 Å². The molecule has 2 unspecified atom stereocenters. The number of fused-ring (bicyclic) bond motifs is 2. The Morgan fingerprint density at radius 3 is 2.56 bits per heavy atom. The second-order valence-corrected chi connectivity index (χ2v) is 19.5. The molecule has 1 aliphatic heterocycles. The summed E-state index contributed by atoms with van der Waals surface area (Å²) in [5.41, 5.74) is 5.41. The Hall–Kier alpha value is -4.70. The Balaban J connectivity index is 0.954. The second kappa shape index (κ2) is 15.1. The Morgan fingerprint density at radius 1 is 0.983 bits per heavy atom. The predicted molar refractivity (Wildman–Crippen MR) is 228 cm³/mol. The third-order valence-electron chi connectivity index (χ3n) is 13.3. The van der Waals surface area contributed by atoms with Gasteiger partial charge in [0, 0.05) is 60.3 Å². The number of carboxylic acids is 1. The first-order valence-corrected chi connectivity index (χ1v) is 21.7. The number of aromatic carboxylic acids is 1. The quantitative estimate of drug-likeness (QED) is 0.0762. The van der Waals surface area contributed by atoms with Gasteiger partial charge in [0.15, 0.2) is 22.5 Å². The molecule has 0 spiro atoms. The van der Waals surface area contributed by atoms with Crippen LogP contribution in [0.1, 0.15) is 92.5 Å². The summed E-state index contributed by atoms with van der Waals surface area (Å²) in [5.74, 6) is 1.51. The highest BCUT2D eigenvalue weighted by Crippen LogP contribution is 2.72. The number of carbonyl (C=O) groups is 1. The maximum absolute atomic E-state index is 12.9. The molecule has 5 heterocycles. The first-order chi connectivity index (χ1) is 28.3. The third-order valence-corrected chi connectivity index (χ3v) is 14.2. The van der Waals surface area contributed by atoms with Gasteiger partial charge in [-0.1, -0.05) is 25.2 Å². The van der Waals surface area contributed by atoms with Crippen LogP contribution < -0.4 is 20.3 Å². The molecule has 15 heteroatoms. The van der Waals surface area contributed by atoms with Crippen LogP contribution in [0.5, 0.6) is 5.75 Å². The summed E-state index contributed by atoms with van der Waals surface area (Å²) in [6, 6.07) is 9.60. The van der Waals surface area contributed by atoms with Crippen molar-refractivity contribution in [1.82, 2.24) is 35.3 Å². The maximum atomic E-state index is 12.9. The van der Waals surface area contributed by atoms with E-state index in [0.29, 0.717) is 36.2 Å². The van der Waals surface area contributed by atoms with Crippen LogP contribution in [-0.4, -0.2) is 91.7 Å². The van der Waals surface area contributed by atoms with Crippen LogP contribution in [0.2, 0.25) is 0 Å². The molecular weight excluding hydrogens is 767 g/mol. The maximum Gasteiger partial charge on any atom is 0.355 e. The lowest BCUT2D eigenvalue weighted by atomic mass is 9.39. The largest absolute Gasteiger partial charge is 0.497 e. The van der Waals surface area contributed by atoms with Crippen molar-refractivity contribution in [3.05, 3.63) is 59.0 Å². The fourth-order valence-corrected chi connectivity index (χ4v) is 12.9. The van der Waals surface area contributed by atoms with Gasteiger partial charge in [0.25, 0.3) is 0 Å². The summed E-state index contributed by atoms with van der Waals surface area (Å²) in [6.07, 6.45) is 10.9. The number of aliphatic hydroxyl groups excluding tert-OH is 1. The molecule has 5 aliphatic rings. The monoisotopic (exact) mass is 821 g/mol. The molecule has 4 bridgehead atoms. The SMILES string of the molecule is COc1ccc2sc(Nc3nnc4c(c3C)CCCN4c3ccc(-c4cnn(CC56CC7(C)CC(C)(C5)CC(OCCNCCCO)(C7)C6)c4C)c(C(=O)O)n3)nc2c1. The molecule has 0 saturated heterocycles. The minimum atomic E-state index is -1.09. The summed E-state index contributed by atoms with van der Waals surface area (Å²) in [6.45, 7) is 12.8. The average molecular weight is 822 g/mol. The molecule has 0 radical (unpaired) electrons. The molecule has 5 aromatic rings. The minimum Gasteiger partial charge on any atom is -0.497 e. The molecular formula is C44H55N9O5S. The molecule has 4 saturated carbocycles. The van der Waals surface area contributed by atoms with E-state index in [4.69, 9.17) is 29.6 Å². The highest BCUT2D eigenvalue weighted by molar-refractivity contribution is 7.22. The van der Waals surface area contributed by atoms with E-state index in [9.17, 15) is 9.90 Å². The van der Waals surface area contributed by atoms with Crippen LogP contribution in [0.15, 0.2) is 36.5 Å². The molecule has 4 fully saturated rings. The van der Waals surface area contributed by atoms with E-state index in [1.165, 1.54) is 17.8 Å². The van der Waals surface area contributed by atoms with Gasteiger partial charge in [0.2, 0.25) is 0 Å². The second-order valence-electron chi connectivity index (χ2n) is 18.4. The standard InChI is InChI=1S/C44H55N9O5S/c1-27-30-8-6-15-52(38(30)51-50-37(27)49-40-47-33-18-29(57-5)9-11-34(33)59-40)35-12-10-31(36(48-35)39(55)56)32-19-46-53(28(32)2)26-43-21-41(3)20-42(4,22-43)24-44(23-41,25-43)58-17-14-45-13-7-16-54/h9-12,18-19,45,54H,6-8,13-17,20-26H2,1-5H3,(H,55,56)(H,47,49,50). The summed E-state index contributed by atoms with van der Waals surface area (Å²) in [5, 5.41) is 41.4. The number of thiazole rings is 1. The van der Waals surface area contributed by atoms with Crippen molar-refractivity contribution in [2.75, 3.05) is 50.2 Å². The van der Waals surface area contributed by atoms with E-state index >= 15 is 0 Å². The van der Waals surface area contributed by atoms with Crippen LogP contribution in [0, 0.1) is 30.1 Å². The van der Waals surface area contributed by atoms with Gasteiger partial charge in [0.1, 0.15) is 11.6 Å².